The average Bonchev–Trinajstić information content (AvgIpc) is 2.51. The quantitative estimate of drug-likeness (QED) is 0.842. The Labute approximate surface area is 148 Å². The molecule has 1 aromatic carbocycles. The van der Waals surface area contributed by atoms with Crippen molar-refractivity contribution in [3.63, 3.8) is 0 Å². The zero-order valence-electron chi connectivity index (χ0n) is 14.4. The van der Waals surface area contributed by atoms with Gasteiger partial charge < -0.3 is 5.11 Å². The molecular weight excluding hydrogens is 338 g/mol. The molecule has 5 nitrogen and oxygen atoms in total. The minimum absolute atomic E-state index is 0.133. The van der Waals surface area contributed by atoms with E-state index in [0.29, 0.717) is 17.8 Å². The number of nitrogens with one attached hydrogen (secondary N) is 1. The number of sulfonamides is 1. The average molecular weight is 363 g/mol. The van der Waals surface area contributed by atoms with Gasteiger partial charge in [0.1, 0.15) is 6.04 Å². The summed E-state index contributed by atoms with van der Waals surface area (Å²) in [7, 11) is -3.85. The largest absolute Gasteiger partial charge is 0.480 e. The van der Waals surface area contributed by atoms with Gasteiger partial charge in [0.2, 0.25) is 10.0 Å². The van der Waals surface area contributed by atoms with Gasteiger partial charge in [-0.3, -0.25) is 4.79 Å². The highest BCUT2D eigenvalue weighted by molar-refractivity contribution is 7.89. The third-order valence-electron chi connectivity index (χ3n) is 6.55. The first kappa shape index (κ1) is 17.0. The second kappa shape index (κ2) is 5.81. The SMILES string of the molecule is Cc1ccc(S(=O)(=O)NC(C(=O)O)C23CC4CC(CC(C4)C2)C3)cc1. The van der Waals surface area contributed by atoms with E-state index in [0.717, 1.165) is 24.8 Å². The minimum Gasteiger partial charge on any atom is -0.480 e. The van der Waals surface area contributed by atoms with Gasteiger partial charge in [0.25, 0.3) is 0 Å². The van der Waals surface area contributed by atoms with Crippen LogP contribution in [0, 0.1) is 30.1 Å². The summed E-state index contributed by atoms with van der Waals surface area (Å²) in [6.07, 6.45) is 6.09. The van der Waals surface area contributed by atoms with E-state index in [4.69, 9.17) is 0 Å². The third-order valence-corrected chi connectivity index (χ3v) is 7.99. The minimum atomic E-state index is -3.85. The lowest BCUT2D eigenvalue weighted by atomic mass is 9.48. The highest BCUT2D eigenvalue weighted by Gasteiger charge is 2.56. The van der Waals surface area contributed by atoms with Gasteiger partial charge in [-0.25, -0.2) is 8.42 Å². The number of hydrogen-bond donors (Lipinski definition) is 2. The number of carboxylic acids is 1. The molecule has 1 aromatic rings. The summed E-state index contributed by atoms with van der Waals surface area (Å²) in [6.45, 7) is 1.89. The van der Waals surface area contributed by atoms with Gasteiger partial charge in [0.05, 0.1) is 4.90 Å². The van der Waals surface area contributed by atoms with Crippen LogP contribution in [0.5, 0.6) is 0 Å². The molecule has 25 heavy (non-hydrogen) atoms. The van der Waals surface area contributed by atoms with Crippen molar-refractivity contribution in [3.05, 3.63) is 29.8 Å². The fourth-order valence-electron chi connectivity index (χ4n) is 5.91. The van der Waals surface area contributed by atoms with E-state index in [1.807, 2.05) is 6.92 Å². The molecule has 6 heteroatoms. The number of benzene rings is 1. The Morgan fingerprint density at radius 1 is 1.08 bits per heavy atom. The molecule has 136 valence electrons. The van der Waals surface area contributed by atoms with Crippen molar-refractivity contribution in [3.8, 4) is 0 Å². The molecule has 0 aliphatic heterocycles. The first-order chi connectivity index (χ1) is 11.8. The van der Waals surface area contributed by atoms with Gasteiger partial charge in [-0.05, 0) is 80.8 Å². The van der Waals surface area contributed by atoms with E-state index in [2.05, 4.69) is 4.72 Å². The Balaban J connectivity index is 1.64. The van der Waals surface area contributed by atoms with Crippen LogP contribution >= 0.6 is 0 Å². The normalized spacial score (nSPS) is 34.8. The third kappa shape index (κ3) is 2.99. The molecule has 2 N–H and O–H groups in total. The van der Waals surface area contributed by atoms with E-state index >= 15 is 0 Å². The monoisotopic (exact) mass is 363 g/mol. The molecule has 4 saturated carbocycles. The van der Waals surface area contributed by atoms with Crippen molar-refractivity contribution in [1.82, 2.24) is 4.72 Å². The molecule has 1 atom stereocenters. The van der Waals surface area contributed by atoms with Gasteiger partial charge in [-0.1, -0.05) is 17.7 Å². The van der Waals surface area contributed by atoms with E-state index < -0.39 is 27.4 Å². The number of aryl methyl sites for hydroxylation is 1. The Morgan fingerprint density at radius 3 is 2.00 bits per heavy atom. The van der Waals surface area contributed by atoms with Crippen LogP contribution in [0.1, 0.15) is 44.1 Å². The van der Waals surface area contributed by atoms with E-state index in [1.165, 1.54) is 31.4 Å². The van der Waals surface area contributed by atoms with Crippen LogP contribution in [0.4, 0.5) is 0 Å². The highest BCUT2D eigenvalue weighted by atomic mass is 32.2. The summed E-state index contributed by atoms with van der Waals surface area (Å²) in [4.78, 5) is 12.2. The van der Waals surface area contributed by atoms with Crippen molar-refractivity contribution in [2.75, 3.05) is 0 Å². The molecule has 0 amide bonds. The van der Waals surface area contributed by atoms with Crippen LogP contribution in [0.15, 0.2) is 29.2 Å². The Kier molecular flexibility index (Phi) is 3.96. The van der Waals surface area contributed by atoms with Crippen LogP contribution in [0.3, 0.4) is 0 Å². The zero-order chi connectivity index (χ0) is 17.8. The number of rotatable bonds is 5. The smallest absolute Gasteiger partial charge is 0.322 e. The molecular formula is C19H25NO4S. The lowest BCUT2D eigenvalue weighted by Gasteiger charge is -2.58. The Hall–Kier alpha value is -1.40. The summed E-state index contributed by atoms with van der Waals surface area (Å²) >= 11 is 0. The fourth-order valence-corrected chi connectivity index (χ4v) is 7.20. The molecule has 0 radical (unpaired) electrons. The van der Waals surface area contributed by atoms with Gasteiger partial charge in [-0.15, -0.1) is 0 Å². The maximum Gasteiger partial charge on any atom is 0.322 e. The molecule has 5 rings (SSSR count). The van der Waals surface area contributed by atoms with E-state index in [1.54, 1.807) is 12.1 Å². The Morgan fingerprint density at radius 2 is 1.56 bits per heavy atom. The topological polar surface area (TPSA) is 83.5 Å². The molecule has 0 saturated heterocycles. The fraction of sp³-hybridized carbons (Fsp3) is 0.632. The second-order valence-electron chi connectivity index (χ2n) is 8.49. The highest BCUT2D eigenvalue weighted by Crippen LogP contribution is 2.61. The lowest BCUT2D eigenvalue weighted by molar-refractivity contribution is -0.150. The predicted octanol–water partition coefficient (Wildman–Crippen LogP) is 2.94. The molecule has 4 aliphatic rings. The molecule has 0 aromatic heterocycles. The molecule has 0 heterocycles. The molecule has 4 bridgehead atoms. The van der Waals surface area contributed by atoms with Crippen LogP contribution < -0.4 is 4.72 Å². The zero-order valence-corrected chi connectivity index (χ0v) is 15.3. The van der Waals surface area contributed by atoms with Crippen molar-refractivity contribution in [2.45, 2.75) is 56.4 Å². The Bertz CT molecular complexity index is 749. The van der Waals surface area contributed by atoms with Crippen molar-refractivity contribution in [2.24, 2.45) is 23.2 Å². The van der Waals surface area contributed by atoms with Crippen molar-refractivity contribution >= 4 is 16.0 Å². The number of carbonyl (C=O) groups is 1. The number of carboxylic acid groups (broad SMARTS) is 1. The first-order valence-electron chi connectivity index (χ1n) is 9.09. The maximum atomic E-state index is 12.8. The van der Waals surface area contributed by atoms with Crippen LogP contribution in [-0.4, -0.2) is 25.5 Å². The lowest BCUT2D eigenvalue weighted by Crippen LogP contribution is -2.59. The number of aliphatic carboxylic acids is 1. The predicted molar refractivity (Wildman–Crippen MR) is 93.5 cm³/mol. The van der Waals surface area contributed by atoms with Gasteiger partial charge in [-0.2, -0.15) is 4.72 Å². The molecule has 4 aliphatic carbocycles. The van der Waals surface area contributed by atoms with E-state index in [9.17, 15) is 18.3 Å². The standard InChI is InChI=1S/C19H25NO4S/c1-12-2-4-16(5-3-12)25(23,24)20-17(18(21)22)19-9-13-6-14(10-19)8-15(7-13)11-19/h2-5,13-15,17,20H,6-11H2,1H3,(H,21,22). The molecule has 1 unspecified atom stereocenters. The summed E-state index contributed by atoms with van der Waals surface area (Å²) in [5.74, 6) is 0.656. The second-order valence-corrected chi connectivity index (χ2v) is 10.2. The van der Waals surface area contributed by atoms with Crippen molar-refractivity contribution < 1.29 is 18.3 Å². The van der Waals surface area contributed by atoms with Gasteiger partial charge >= 0.3 is 5.97 Å². The van der Waals surface area contributed by atoms with Crippen LogP contribution in [0.25, 0.3) is 0 Å². The molecule has 4 fully saturated rings. The summed E-state index contributed by atoms with van der Waals surface area (Å²) in [5.41, 5.74) is 0.549. The molecule has 0 spiro atoms. The van der Waals surface area contributed by atoms with E-state index in [-0.39, 0.29) is 4.90 Å². The van der Waals surface area contributed by atoms with Gasteiger partial charge in [0.15, 0.2) is 0 Å². The summed E-state index contributed by atoms with van der Waals surface area (Å²) in [5, 5.41) is 9.86. The first-order valence-corrected chi connectivity index (χ1v) is 10.6. The van der Waals surface area contributed by atoms with Crippen LogP contribution in [-0.2, 0) is 14.8 Å². The van der Waals surface area contributed by atoms with Crippen LogP contribution in [0.2, 0.25) is 0 Å². The summed E-state index contributed by atoms with van der Waals surface area (Å²) in [6, 6.07) is 5.50. The number of hydrogen-bond acceptors (Lipinski definition) is 3. The summed E-state index contributed by atoms with van der Waals surface area (Å²) < 4.78 is 28.1. The van der Waals surface area contributed by atoms with Gasteiger partial charge in [0, 0.05) is 0 Å². The maximum absolute atomic E-state index is 12.8. The van der Waals surface area contributed by atoms with Crippen molar-refractivity contribution in [1.29, 1.82) is 0 Å².